The first-order chi connectivity index (χ1) is 11.9. The zero-order valence-electron chi connectivity index (χ0n) is 13.6. The van der Waals surface area contributed by atoms with Crippen molar-refractivity contribution in [2.75, 3.05) is 36.4 Å². The number of anilines is 2. The molecule has 0 aliphatic carbocycles. The molecule has 0 radical (unpaired) electrons. The second-order valence-electron chi connectivity index (χ2n) is 5.99. The third-order valence-electron chi connectivity index (χ3n) is 4.38. The molecule has 24 heavy (non-hydrogen) atoms. The van der Waals surface area contributed by atoms with Crippen molar-refractivity contribution in [2.45, 2.75) is 6.54 Å². The molecule has 2 aromatic carbocycles. The lowest BCUT2D eigenvalue weighted by Gasteiger charge is -2.31. The number of hydrogen-bond donors (Lipinski definition) is 2. The van der Waals surface area contributed by atoms with Crippen LogP contribution in [0.2, 0.25) is 0 Å². The van der Waals surface area contributed by atoms with Gasteiger partial charge in [0.25, 0.3) is 0 Å². The van der Waals surface area contributed by atoms with Crippen molar-refractivity contribution in [1.29, 1.82) is 0 Å². The summed E-state index contributed by atoms with van der Waals surface area (Å²) in [5, 5.41) is 6.99. The fourth-order valence-corrected chi connectivity index (χ4v) is 3.12. The van der Waals surface area contributed by atoms with Crippen molar-refractivity contribution < 1.29 is 0 Å². The summed E-state index contributed by atoms with van der Waals surface area (Å²) in [6.45, 7) is 4.94. The molecule has 1 aliphatic heterocycles. The number of rotatable bonds is 4. The van der Waals surface area contributed by atoms with Gasteiger partial charge in [0, 0.05) is 45.1 Å². The first-order valence-electron chi connectivity index (χ1n) is 8.38. The molecule has 0 atom stereocenters. The van der Waals surface area contributed by atoms with E-state index < -0.39 is 0 Å². The van der Waals surface area contributed by atoms with Gasteiger partial charge in [-0.3, -0.25) is 9.97 Å². The van der Waals surface area contributed by atoms with Crippen LogP contribution in [0.15, 0.2) is 54.9 Å². The smallest absolute Gasteiger partial charge is 0.0890 e. The van der Waals surface area contributed by atoms with Crippen LogP contribution in [-0.2, 0) is 6.54 Å². The van der Waals surface area contributed by atoms with Crippen LogP contribution in [0, 0.1) is 0 Å². The van der Waals surface area contributed by atoms with E-state index in [-0.39, 0.29) is 0 Å². The van der Waals surface area contributed by atoms with E-state index in [1.807, 2.05) is 6.07 Å². The van der Waals surface area contributed by atoms with Gasteiger partial charge in [-0.2, -0.15) is 0 Å². The fraction of sp³-hybridized carbons (Fsp3) is 0.263. The molecule has 0 amide bonds. The Balaban J connectivity index is 1.52. The SMILES string of the molecule is c1ccc(N2CCNCC2)c(NCc2ccc3nccnc3c2)c1. The second kappa shape index (κ2) is 6.84. The minimum absolute atomic E-state index is 0.773. The molecule has 2 heterocycles. The molecule has 0 spiro atoms. The maximum atomic E-state index is 4.38. The minimum atomic E-state index is 0.773. The van der Waals surface area contributed by atoms with Crippen molar-refractivity contribution >= 4 is 22.4 Å². The van der Waals surface area contributed by atoms with Crippen LogP contribution in [0.3, 0.4) is 0 Å². The van der Waals surface area contributed by atoms with Gasteiger partial charge in [-0.25, -0.2) is 0 Å². The molecule has 0 bridgehead atoms. The van der Waals surface area contributed by atoms with Gasteiger partial charge in [-0.05, 0) is 29.8 Å². The number of aromatic nitrogens is 2. The summed E-state index contributed by atoms with van der Waals surface area (Å²) < 4.78 is 0. The summed E-state index contributed by atoms with van der Waals surface area (Å²) in [7, 11) is 0. The summed E-state index contributed by atoms with van der Waals surface area (Å²) in [4.78, 5) is 11.1. The van der Waals surface area contributed by atoms with Crippen molar-refractivity contribution in [3.8, 4) is 0 Å². The summed E-state index contributed by atoms with van der Waals surface area (Å²) in [5.74, 6) is 0. The average molecular weight is 319 g/mol. The van der Waals surface area contributed by atoms with Crippen molar-refractivity contribution in [3.63, 3.8) is 0 Å². The van der Waals surface area contributed by atoms with E-state index in [0.717, 1.165) is 43.8 Å². The number of hydrogen-bond acceptors (Lipinski definition) is 5. The maximum Gasteiger partial charge on any atom is 0.0890 e. The lowest BCUT2D eigenvalue weighted by atomic mass is 10.1. The van der Waals surface area contributed by atoms with E-state index in [9.17, 15) is 0 Å². The highest BCUT2D eigenvalue weighted by Crippen LogP contribution is 2.26. The van der Waals surface area contributed by atoms with Gasteiger partial charge < -0.3 is 15.5 Å². The molecule has 3 aromatic rings. The predicted octanol–water partition coefficient (Wildman–Crippen LogP) is 2.65. The van der Waals surface area contributed by atoms with Crippen LogP contribution in [-0.4, -0.2) is 36.1 Å². The van der Waals surface area contributed by atoms with Crippen LogP contribution in [0.1, 0.15) is 5.56 Å². The Hall–Kier alpha value is -2.66. The molecule has 0 saturated carbocycles. The van der Waals surface area contributed by atoms with Gasteiger partial charge in [-0.15, -0.1) is 0 Å². The molecule has 2 N–H and O–H groups in total. The molecule has 1 fully saturated rings. The Morgan fingerprint density at radius 1 is 0.958 bits per heavy atom. The van der Waals surface area contributed by atoms with E-state index in [2.05, 4.69) is 61.9 Å². The largest absolute Gasteiger partial charge is 0.379 e. The Morgan fingerprint density at radius 3 is 2.62 bits per heavy atom. The number of para-hydroxylation sites is 2. The monoisotopic (exact) mass is 319 g/mol. The lowest BCUT2D eigenvalue weighted by Crippen LogP contribution is -2.43. The Morgan fingerprint density at radius 2 is 1.75 bits per heavy atom. The number of nitrogens with zero attached hydrogens (tertiary/aromatic N) is 3. The normalized spacial score (nSPS) is 14.8. The highest BCUT2D eigenvalue weighted by molar-refractivity contribution is 5.75. The molecule has 1 saturated heterocycles. The predicted molar refractivity (Wildman–Crippen MR) is 98.4 cm³/mol. The van der Waals surface area contributed by atoms with Gasteiger partial charge in [0.15, 0.2) is 0 Å². The van der Waals surface area contributed by atoms with Gasteiger partial charge in [0.2, 0.25) is 0 Å². The van der Waals surface area contributed by atoms with Gasteiger partial charge in [0.1, 0.15) is 0 Å². The average Bonchev–Trinajstić information content (AvgIpc) is 2.67. The van der Waals surface area contributed by atoms with E-state index in [1.165, 1.54) is 16.9 Å². The summed E-state index contributed by atoms with van der Waals surface area (Å²) >= 11 is 0. The molecular formula is C19H21N5. The Bertz CT molecular complexity index is 827. The third kappa shape index (κ3) is 3.16. The third-order valence-corrected chi connectivity index (χ3v) is 4.38. The van der Waals surface area contributed by atoms with Crippen LogP contribution < -0.4 is 15.5 Å². The molecular weight excluding hydrogens is 298 g/mol. The molecule has 1 aliphatic rings. The van der Waals surface area contributed by atoms with Gasteiger partial charge >= 0.3 is 0 Å². The van der Waals surface area contributed by atoms with E-state index in [1.54, 1.807) is 12.4 Å². The number of fused-ring (bicyclic) bond motifs is 1. The fourth-order valence-electron chi connectivity index (χ4n) is 3.12. The summed E-state index contributed by atoms with van der Waals surface area (Å²) in [5.41, 5.74) is 5.53. The molecule has 4 rings (SSSR count). The number of benzene rings is 2. The number of nitrogens with one attached hydrogen (secondary N) is 2. The topological polar surface area (TPSA) is 53.1 Å². The van der Waals surface area contributed by atoms with Crippen molar-refractivity contribution in [2.24, 2.45) is 0 Å². The van der Waals surface area contributed by atoms with E-state index >= 15 is 0 Å². The summed E-state index contributed by atoms with van der Waals surface area (Å²) in [6, 6.07) is 14.8. The molecule has 1 aromatic heterocycles. The standard InChI is InChI=1S/C19H21N5/c1-2-4-19(24-11-9-20-10-12-24)17(3-1)23-14-15-5-6-16-18(13-15)22-8-7-21-16/h1-8,13,20,23H,9-12,14H2. The minimum Gasteiger partial charge on any atom is -0.379 e. The molecule has 5 heteroatoms. The Labute approximate surface area is 141 Å². The van der Waals surface area contributed by atoms with E-state index in [4.69, 9.17) is 0 Å². The molecule has 5 nitrogen and oxygen atoms in total. The van der Waals surface area contributed by atoms with Crippen LogP contribution in [0.5, 0.6) is 0 Å². The summed E-state index contributed by atoms with van der Waals surface area (Å²) in [6.07, 6.45) is 3.46. The van der Waals surface area contributed by atoms with Gasteiger partial charge in [-0.1, -0.05) is 18.2 Å². The van der Waals surface area contributed by atoms with Gasteiger partial charge in [0.05, 0.1) is 22.4 Å². The van der Waals surface area contributed by atoms with Crippen LogP contribution >= 0.6 is 0 Å². The zero-order chi connectivity index (χ0) is 16.2. The van der Waals surface area contributed by atoms with Crippen LogP contribution in [0.25, 0.3) is 11.0 Å². The zero-order valence-corrected chi connectivity index (χ0v) is 13.6. The lowest BCUT2D eigenvalue weighted by molar-refractivity contribution is 0.589. The van der Waals surface area contributed by atoms with E-state index in [0.29, 0.717) is 0 Å². The second-order valence-corrected chi connectivity index (χ2v) is 5.99. The molecule has 0 unspecified atom stereocenters. The van der Waals surface area contributed by atoms with Crippen molar-refractivity contribution in [1.82, 2.24) is 15.3 Å². The highest BCUT2D eigenvalue weighted by atomic mass is 15.2. The quantitative estimate of drug-likeness (QED) is 0.774. The number of piperazine rings is 1. The Kier molecular flexibility index (Phi) is 4.25. The van der Waals surface area contributed by atoms with Crippen molar-refractivity contribution in [3.05, 3.63) is 60.4 Å². The van der Waals surface area contributed by atoms with Crippen LogP contribution in [0.4, 0.5) is 11.4 Å². The first-order valence-corrected chi connectivity index (χ1v) is 8.38. The first kappa shape index (κ1) is 14.9. The molecule has 122 valence electrons. The maximum absolute atomic E-state index is 4.38. The highest BCUT2D eigenvalue weighted by Gasteiger charge is 2.13.